The third kappa shape index (κ3) is 3.55. The number of carbonyl (C=O) groups is 1. The van der Waals surface area contributed by atoms with Crippen molar-refractivity contribution in [1.82, 2.24) is 0 Å². The minimum absolute atomic E-state index is 0.248. The maximum atomic E-state index is 12.3. The molecule has 1 atom stereocenters. The second-order valence-electron chi connectivity index (χ2n) is 5.48. The molecule has 2 rings (SSSR count). The average molecular weight is 268 g/mol. The zero-order valence-corrected chi connectivity index (χ0v) is 11.9. The van der Waals surface area contributed by atoms with Crippen molar-refractivity contribution < 1.29 is 9.90 Å². The number of rotatable bonds is 5. The van der Waals surface area contributed by atoms with Gasteiger partial charge in [-0.3, -0.25) is 4.79 Å². The van der Waals surface area contributed by atoms with Crippen LogP contribution in [0.2, 0.25) is 0 Å². The molecule has 104 valence electrons. The van der Waals surface area contributed by atoms with Crippen LogP contribution in [0, 0.1) is 5.92 Å². The molecule has 0 saturated heterocycles. The van der Waals surface area contributed by atoms with Gasteiger partial charge in [-0.25, -0.2) is 0 Å². The lowest BCUT2D eigenvalue weighted by Crippen LogP contribution is -2.12. The van der Waals surface area contributed by atoms with Crippen molar-refractivity contribution in [2.45, 2.75) is 26.4 Å². The summed E-state index contributed by atoms with van der Waals surface area (Å²) in [5.74, 6) is 0.293. The van der Waals surface area contributed by atoms with Gasteiger partial charge in [-0.15, -0.1) is 0 Å². The Kier molecular flexibility index (Phi) is 4.70. The van der Waals surface area contributed by atoms with Gasteiger partial charge in [0.1, 0.15) is 6.10 Å². The highest BCUT2D eigenvalue weighted by atomic mass is 16.3. The van der Waals surface area contributed by atoms with Gasteiger partial charge in [0, 0.05) is 5.56 Å². The van der Waals surface area contributed by atoms with Crippen LogP contribution < -0.4 is 0 Å². The first-order valence-electron chi connectivity index (χ1n) is 6.94. The molecule has 0 radical (unpaired) electrons. The molecule has 2 nitrogen and oxygen atoms in total. The first-order chi connectivity index (χ1) is 9.58. The summed E-state index contributed by atoms with van der Waals surface area (Å²) in [5, 5.41) is 10.2. The predicted octanol–water partition coefficient (Wildman–Crippen LogP) is 3.80. The quantitative estimate of drug-likeness (QED) is 0.837. The number of Topliss-reactive ketones (excluding diaryl/α,β-unsaturated/α-hetero) is 1. The highest BCUT2D eigenvalue weighted by Crippen LogP contribution is 2.19. The van der Waals surface area contributed by atoms with Gasteiger partial charge in [0.05, 0.1) is 0 Å². The molecule has 1 unspecified atom stereocenters. The van der Waals surface area contributed by atoms with Crippen molar-refractivity contribution in [3.63, 3.8) is 0 Å². The van der Waals surface area contributed by atoms with Gasteiger partial charge in [-0.1, -0.05) is 62.4 Å². The van der Waals surface area contributed by atoms with Crippen molar-refractivity contribution in [3.8, 4) is 0 Å². The van der Waals surface area contributed by atoms with E-state index in [1.807, 2.05) is 36.4 Å². The van der Waals surface area contributed by atoms with Crippen LogP contribution in [0.3, 0.4) is 0 Å². The molecule has 0 fully saturated rings. The Labute approximate surface area is 120 Å². The molecule has 0 aliphatic heterocycles. The molecule has 0 heterocycles. The highest BCUT2D eigenvalue weighted by molar-refractivity contribution is 6.00. The number of hydrogen-bond acceptors (Lipinski definition) is 2. The van der Waals surface area contributed by atoms with Crippen molar-refractivity contribution >= 4 is 5.78 Å². The van der Waals surface area contributed by atoms with Crippen LogP contribution in [0.5, 0.6) is 0 Å². The maximum absolute atomic E-state index is 12.3. The Bertz CT molecular complexity index is 573. The lowest BCUT2D eigenvalue weighted by Gasteiger charge is -2.11. The fraction of sp³-hybridized carbons (Fsp3) is 0.278. The fourth-order valence-corrected chi connectivity index (χ4v) is 2.27. The van der Waals surface area contributed by atoms with Gasteiger partial charge in [-0.05, 0) is 29.5 Å². The van der Waals surface area contributed by atoms with Gasteiger partial charge >= 0.3 is 0 Å². The summed E-state index contributed by atoms with van der Waals surface area (Å²) >= 11 is 0. The van der Waals surface area contributed by atoms with Gasteiger partial charge < -0.3 is 5.11 Å². The van der Waals surface area contributed by atoms with E-state index in [1.54, 1.807) is 18.2 Å². The molecular weight excluding hydrogens is 248 g/mol. The van der Waals surface area contributed by atoms with Gasteiger partial charge in [0.2, 0.25) is 0 Å². The minimum atomic E-state index is -1.09. The van der Waals surface area contributed by atoms with Crippen LogP contribution >= 0.6 is 0 Å². The van der Waals surface area contributed by atoms with Crippen LogP contribution in [0.4, 0.5) is 0 Å². The highest BCUT2D eigenvalue weighted by Gasteiger charge is 2.19. The third-order valence-electron chi connectivity index (χ3n) is 3.22. The molecule has 0 saturated carbocycles. The van der Waals surface area contributed by atoms with E-state index in [0.29, 0.717) is 17.0 Å². The molecule has 20 heavy (non-hydrogen) atoms. The van der Waals surface area contributed by atoms with E-state index in [4.69, 9.17) is 0 Å². The van der Waals surface area contributed by atoms with E-state index in [2.05, 4.69) is 13.8 Å². The molecule has 0 aliphatic rings. The Balaban J connectivity index is 2.21. The zero-order valence-electron chi connectivity index (χ0n) is 11.9. The zero-order chi connectivity index (χ0) is 14.5. The lowest BCUT2D eigenvalue weighted by molar-refractivity contribution is 0.0747. The molecule has 2 heteroatoms. The number of benzene rings is 2. The summed E-state index contributed by atoms with van der Waals surface area (Å²) in [5.41, 5.74) is 2.33. The van der Waals surface area contributed by atoms with Crippen molar-refractivity contribution in [1.29, 1.82) is 0 Å². The van der Waals surface area contributed by atoms with Crippen molar-refractivity contribution in [2.75, 3.05) is 0 Å². The largest absolute Gasteiger partial charge is 0.380 e. The third-order valence-corrected chi connectivity index (χ3v) is 3.22. The van der Waals surface area contributed by atoms with E-state index in [9.17, 15) is 9.90 Å². The van der Waals surface area contributed by atoms with Crippen LogP contribution in [0.15, 0.2) is 54.6 Å². The van der Waals surface area contributed by atoms with E-state index < -0.39 is 6.10 Å². The molecular formula is C18H20O2. The van der Waals surface area contributed by atoms with E-state index in [1.165, 1.54) is 0 Å². The van der Waals surface area contributed by atoms with Crippen LogP contribution in [0.25, 0.3) is 0 Å². The van der Waals surface area contributed by atoms with Gasteiger partial charge in [0.25, 0.3) is 0 Å². The maximum Gasteiger partial charge on any atom is 0.195 e. The average Bonchev–Trinajstić information content (AvgIpc) is 2.46. The first kappa shape index (κ1) is 14.5. The monoisotopic (exact) mass is 268 g/mol. The molecule has 0 amide bonds. The minimum Gasteiger partial charge on any atom is -0.380 e. The summed E-state index contributed by atoms with van der Waals surface area (Å²) in [7, 11) is 0. The first-order valence-corrected chi connectivity index (χ1v) is 6.94. The molecule has 0 spiro atoms. The number of ketones is 1. The normalized spacial score (nSPS) is 12.4. The topological polar surface area (TPSA) is 37.3 Å². The summed E-state index contributed by atoms with van der Waals surface area (Å²) in [6.45, 7) is 4.29. The summed E-state index contributed by atoms with van der Waals surface area (Å²) in [6.07, 6.45) is -0.159. The predicted molar refractivity (Wildman–Crippen MR) is 80.7 cm³/mol. The smallest absolute Gasteiger partial charge is 0.195 e. The van der Waals surface area contributed by atoms with Gasteiger partial charge in [-0.2, -0.15) is 0 Å². The van der Waals surface area contributed by atoms with Crippen LogP contribution in [-0.2, 0) is 6.42 Å². The Morgan fingerprint density at radius 3 is 2.40 bits per heavy atom. The molecule has 0 bridgehead atoms. The van der Waals surface area contributed by atoms with Gasteiger partial charge in [0.15, 0.2) is 5.78 Å². The molecule has 2 aromatic carbocycles. The summed E-state index contributed by atoms with van der Waals surface area (Å²) in [4.78, 5) is 12.3. The molecule has 0 aromatic heterocycles. The molecule has 1 N–H and O–H groups in total. The van der Waals surface area contributed by atoms with Crippen molar-refractivity contribution in [2.24, 2.45) is 5.92 Å². The second-order valence-corrected chi connectivity index (χ2v) is 5.48. The standard InChI is InChI=1S/C18H20O2/c1-13(2)11-14-7-6-10-16(12-14)18(20)17(19)15-8-4-3-5-9-15/h3-10,12-13,17,19H,11H2,1-2H3. The molecule has 0 aliphatic carbocycles. The second kappa shape index (κ2) is 6.49. The number of aliphatic hydroxyl groups is 1. The SMILES string of the molecule is CC(C)Cc1cccc(C(=O)C(O)c2ccccc2)c1. The summed E-state index contributed by atoms with van der Waals surface area (Å²) < 4.78 is 0. The number of aliphatic hydroxyl groups excluding tert-OH is 1. The Morgan fingerprint density at radius 1 is 1.05 bits per heavy atom. The number of carbonyl (C=O) groups excluding carboxylic acids is 1. The van der Waals surface area contributed by atoms with E-state index in [-0.39, 0.29) is 5.78 Å². The Hall–Kier alpha value is -1.93. The Morgan fingerprint density at radius 2 is 1.75 bits per heavy atom. The van der Waals surface area contributed by atoms with E-state index >= 15 is 0 Å². The van der Waals surface area contributed by atoms with Crippen molar-refractivity contribution in [3.05, 3.63) is 71.3 Å². The number of hydrogen-bond donors (Lipinski definition) is 1. The lowest BCUT2D eigenvalue weighted by atomic mass is 9.96. The summed E-state index contributed by atoms with van der Waals surface area (Å²) in [6, 6.07) is 16.6. The fourth-order valence-electron chi connectivity index (χ4n) is 2.27. The molecule has 2 aromatic rings. The van der Waals surface area contributed by atoms with Crippen LogP contribution in [-0.4, -0.2) is 10.9 Å². The van der Waals surface area contributed by atoms with E-state index in [0.717, 1.165) is 12.0 Å². The van der Waals surface area contributed by atoms with Crippen LogP contribution in [0.1, 0.15) is 41.4 Å².